The van der Waals surface area contributed by atoms with E-state index in [4.69, 9.17) is 0 Å². The molecule has 0 atom stereocenters. The molecule has 0 fully saturated rings. The van der Waals surface area contributed by atoms with E-state index in [0.717, 1.165) is 9.13 Å². The molecule has 1 radical (unpaired) electrons. The van der Waals surface area contributed by atoms with Gasteiger partial charge in [-0.25, -0.2) is 0 Å². The second-order valence-corrected chi connectivity index (χ2v) is 3.99. The first-order chi connectivity index (χ1) is 3.97. The van der Waals surface area contributed by atoms with E-state index in [1.165, 1.54) is 10.7 Å². The minimum absolute atomic E-state index is 0.965. The van der Waals surface area contributed by atoms with E-state index in [2.05, 4.69) is 17.8 Å². The molecule has 2 aliphatic heterocycles. The van der Waals surface area contributed by atoms with Gasteiger partial charge in [0.05, 0.1) is 9.13 Å². The Hall–Kier alpha value is -0.0831. The van der Waals surface area contributed by atoms with Crippen molar-refractivity contribution in [1.82, 2.24) is 0 Å². The molecule has 2 heterocycles. The lowest BCUT2D eigenvalue weighted by molar-refractivity contribution is 1.79. The summed E-state index contributed by atoms with van der Waals surface area (Å²) in [4.78, 5) is 1.52. The third kappa shape index (κ3) is 0.565. The lowest BCUT2D eigenvalue weighted by atomic mass is 10.5. The monoisotopic (exact) mass is 137 g/mol. The van der Waals surface area contributed by atoms with Gasteiger partial charge in [0.2, 0.25) is 0 Å². The van der Waals surface area contributed by atoms with Crippen molar-refractivity contribution in [2.45, 2.75) is 0 Å². The van der Waals surface area contributed by atoms with Crippen LogP contribution in [0, 0.1) is 0 Å². The summed E-state index contributed by atoms with van der Waals surface area (Å²) in [7, 11) is 0.965. The summed E-state index contributed by atoms with van der Waals surface area (Å²) in [5, 5.41) is 1.58. The number of fused-ring (bicyclic) bond motifs is 1. The van der Waals surface area contributed by atoms with Gasteiger partial charge in [0.15, 0.2) is 0 Å². The largest absolute Gasteiger partial charge is 0.122 e. The molecule has 0 saturated heterocycles. The van der Waals surface area contributed by atoms with Crippen molar-refractivity contribution >= 4 is 26.6 Å². The molecule has 0 amide bonds. The highest BCUT2D eigenvalue weighted by atomic mass is 32.2. The average molecular weight is 137 g/mol. The van der Waals surface area contributed by atoms with Crippen molar-refractivity contribution in [3.05, 3.63) is 22.3 Å². The summed E-state index contributed by atoms with van der Waals surface area (Å²) in [6, 6.07) is 0. The fourth-order valence-electron chi connectivity index (χ4n) is 0.868. The minimum atomic E-state index is 0.965. The fourth-order valence-corrected chi connectivity index (χ4v) is 3.24. The standard InChI is InChI=1S/C6H5SSi/c1-3-7-5-2-4-8-6(1)5/h1-2,4H,3H2. The second-order valence-electron chi connectivity index (χ2n) is 1.77. The van der Waals surface area contributed by atoms with Crippen LogP contribution in [-0.4, -0.2) is 20.6 Å². The van der Waals surface area contributed by atoms with Crippen LogP contribution in [0.1, 0.15) is 0 Å². The molecule has 0 saturated carbocycles. The summed E-state index contributed by atoms with van der Waals surface area (Å²) < 4.78 is 0. The minimum Gasteiger partial charge on any atom is -0.122 e. The Bertz CT molecular complexity index is 201. The Morgan fingerprint density at radius 2 is 2.62 bits per heavy atom. The summed E-state index contributed by atoms with van der Waals surface area (Å²) >= 11 is 1.96. The molecule has 0 aromatic rings. The zero-order chi connectivity index (χ0) is 5.40. The first-order valence-corrected chi connectivity index (χ1v) is 4.66. The molecule has 8 heavy (non-hydrogen) atoms. The average Bonchev–Trinajstić information content (AvgIpc) is 2.15. The number of allylic oxidation sites excluding steroid dienone is 2. The maximum Gasteiger partial charge on any atom is 0.0609 e. The van der Waals surface area contributed by atoms with Gasteiger partial charge in [-0.2, -0.15) is 0 Å². The Morgan fingerprint density at radius 1 is 1.62 bits per heavy atom. The first-order valence-electron chi connectivity index (χ1n) is 2.60. The zero-order valence-electron chi connectivity index (χ0n) is 4.35. The molecule has 0 nitrogen and oxygen atoms in total. The molecule has 2 rings (SSSR count). The van der Waals surface area contributed by atoms with E-state index in [1.54, 1.807) is 5.20 Å². The quantitative estimate of drug-likeness (QED) is 0.449. The van der Waals surface area contributed by atoms with Gasteiger partial charge < -0.3 is 0 Å². The van der Waals surface area contributed by atoms with Gasteiger partial charge in [0.25, 0.3) is 0 Å². The SMILES string of the molecule is C1=[Si]C2=CCSC2=C1. The van der Waals surface area contributed by atoms with E-state index < -0.39 is 0 Å². The zero-order valence-corrected chi connectivity index (χ0v) is 6.16. The summed E-state index contributed by atoms with van der Waals surface area (Å²) in [6.45, 7) is 0. The van der Waals surface area contributed by atoms with Crippen LogP contribution in [-0.2, 0) is 0 Å². The second kappa shape index (κ2) is 1.71. The molecular formula is C6H5SSi. The molecule has 0 aromatic heterocycles. The molecule has 0 bridgehead atoms. The normalized spacial score (nSPS) is 23.0. The Kier molecular flexibility index (Phi) is 1.02. The molecule has 0 aromatic carbocycles. The van der Waals surface area contributed by atoms with Crippen LogP contribution in [0.5, 0.6) is 0 Å². The molecule has 0 unspecified atom stereocenters. The number of hydrogen-bond donors (Lipinski definition) is 0. The fraction of sp³-hybridized carbons (Fsp3) is 0.167. The highest BCUT2D eigenvalue weighted by molar-refractivity contribution is 8.04. The molecule has 0 spiro atoms. The predicted octanol–water partition coefficient (Wildman–Crippen LogP) is 1.02. The first kappa shape index (κ1) is 4.76. The van der Waals surface area contributed by atoms with Gasteiger partial charge >= 0.3 is 0 Å². The number of hydrogen-bond acceptors (Lipinski definition) is 1. The van der Waals surface area contributed by atoms with E-state index >= 15 is 0 Å². The molecule has 2 heteroatoms. The van der Waals surface area contributed by atoms with Gasteiger partial charge in [-0.3, -0.25) is 0 Å². The summed E-state index contributed by atoms with van der Waals surface area (Å²) in [5.74, 6) is 1.21. The molecule has 0 aliphatic carbocycles. The van der Waals surface area contributed by atoms with Crippen LogP contribution < -0.4 is 0 Å². The van der Waals surface area contributed by atoms with Crippen molar-refractivity contribution in [2.75, 3.05) is 5.75 Å². The van der Waals surface area contributed by atoms with E-state index in [0.29, 0.717) is 0 Å². The van der Waals surface area contributed by atoms with Crippen molar-refractivity contribution in [3.8, 4) is 0 Å². The molecule has 2 aliphatic rings. The smallest absolute Gasteiger partial charge is 0.0609 e. The van der Waals surface area contributed by atoms with E-state index in [9.17, 15) is 0 Å². The highest BCUT2D eigenvalue weighted by Crippen LogP contribution is 2.30. The molecular weight excluding hydrogens is 132 g/mol. The van der Waals surface area contributed by atoms with Gasteiger partial charge in [-0.15, -0.1) is 11.8 Å². The van der Waals surface area contributed by atoms with Crippen LogP contribution >= 0.6 is 11.8 Å². The summed E-state index contributed by atoms with van der Waals surface area (Å²) in [5.41, 5.74) is 2.26. The molecule has 0 N–H and O–H groups in total. The van der Waals surface area contributed by atoms with Crippen molar-refractivity contribution in [3.63, 3.8) is 0 Å². The van der Waals surface area contributed by atoms with Gasteiger partial charge in [0.1, 0.15) is 0 Å². The van der Waals surface area contributed by atoms with Crippen LogP contribution in [0.25, 0.3) is 0 Å². The van der Waals surface area contributed by atoms with Gasteiger partial charge in [-0.1, -0.05) is 17.8 Å². The van der Waals surface area contributed by atoms with Gasteiger partial charge in [-0.05, 0) is 5.20 Å². The van der Waals surface area contributed by atoms with Crippen LogP contribution in [0.15, 0.2) is 22.3 Å². The van der Waals surface area contributed by atoms with E-state index in [-0.39, 0.29) is 0 Å². The number of thioether (sulfide) groups is 1. The van der Waals surface area contributed by atoms with Crippen LogP contribution in [0.3, 0.4) is 0 Å². The lowest BCUT2D eigenvalue weighted by Crippen LogP contribution is -1.76. The van der Waals surface area contributed by atoms with Crippen LogP contribution in [0.2, 0.25) is 0 Å². The third-order valence-electron chi connectivity index (χ3n) is 1.27. The van der Waals surface area contributed by atoms with Crippen LogP contribution in [0.4, 0.5) is 0 Å². The van der Waals surface area contributed by atoms with Crippen molar-refractivity contribution in [2.24, 2.45) is 0 Å². The number of rotatable bonds is 0. The molecule has 39 valence electrons. The Balaban J connectivity index is 2.49. The van der Waals surface area contributed by atoms with Crippen molar-refractivity contribution in [1.29, 1.82) is 0 Å². The van der Waals surface area contributed by atoms with Crippen molar-refractivity contribution < 1.29 is 0 Å². The lowest BCUT2D eigenvalue weighted by Gasteiger charge is -1.87. The predicted molar refractivity (Wildman–Crippen MR) is 40.4 cm³/mol. The topological polar surface area (TPSA) is 0 Å². The Morgan fingerprint density at radius 3 is 3.50 bits per heavy atom. The maximum atomic E-state index is 2.33. The maximum absolute atomic E-state index is 2.33. The highest BCUT2D eigenvalue weighted by Gasteiger charge is 2.11. The summed E-state index contributed by atoms with van der Waals surface area (Å²) in [6.07, 6.45) is 4.57. The Labute approximate surface area is 55.1 Å². The van der Waals surface area contributed by atoms with E-state index in [1.807, 2.05) is 11.8 Å². The third-order valence-corrected chi connectivity index (χ3v) is 3.56. The van der Waals surface area contributed by atoms with Gasteiger partial charge in [0, 0.05) is 10.7 Å².